The molecule has 122 valence electrons. The van der Waals surface area contributed by atoms with E-state index in [1.165, 1.54) is 37.0 Å². The molecule has 1 rings (SSSR count). The lowest BCUT2D eigenvalue weighted by molar-refractivity contribution is -0.136. The number of amides is 2. The van der Waals surface area contributed by atoms with Gasteiger partial charge < -0.3 is 10.2 Å². The first-order valence-corrected chi connectivity index (χ1v) is 8.33. The summed E-state index contributed by atoms with van der Waals surface area (Å²) in [4.78, 5) is 27.7. The minimum absolute atomic E-state index is 0.0362. The molecule has 2 amide bonds. The van der Waals surface area contributed by atoms with Crippen molar-refractivity contribution in [2.75, 3.05) is 33.2 Å². The van der Waals surface area contributed by atoms with Crippen molar-refractivity contribution < 1.29 is 9.59 Å². The van der Waals surface area contributed by atoms with E-state index in [0.29, 0.717) is 19.1 Å². The van der Waals surface area contributed by atoms with Gasteiger partial charge in [0.15, 0.2) is 0 Å². The summed E-state index contributed by atoms with van der Waals surface area (Å²) < 4.78 is 0. The van der Waals surface area contributed by atoms with Crippen LogP contribution >= 0.6 is 0 Å². The summed E-state index contributed by atoms with van der Waals surface area (Å²) in [7, 11) is 1.71. The Kier molecular flexibility index (Phi) is 8.35. The van der Waals surface area contributed by atoms with Crippen molar-refractivity contribution in [3.05, 3.63) is 0 Å². The maximum atomic E-state index is 12.3. The molecular formula is C16H31N3O2. The Labute approximate surface area is 129 Å². The van der Waals surface area contributed by atoms with Crippen molar-refractivity contribution in [1.82, 2.24) is 15.1 Å². The van der Waals surface area contributed by atoms with Crippen LogP contribution in [0.15, 0.2) is 0 Å². The van der Waals surface area contributed by atoms with Crippen LogP contribution in [0.25, 0.3) is 0 Å². The van der Waals surface area contributed by atoms with Gasteiger partial charge >= 0.3 is 0 Å². The van der Waals surface area contributed by atoms with Crippen LogP contribution in [0.4, 0.5) is 0 Å². The van der Waals surface area contributed by atoms with Crippen molar-refractivity contribution in [1.29, 1.82) is 0 Å². The Hall–Kier alpha value is -1.10. The van der Waals surface area contributed by atoms with Crippen LogP contribution in [0.5, 0.6) is 0 Å². The zero-order valence-corrected chi connectivity index (χ0v) is 13.9. The van der Waals surface area contributed by atoms with E-state index in [2.05, 4.69) is 17.1 Å². The fourth-order valence-electron chi connectivity index (χ4n) is 2.86. The largest absolute Gasteiger partial charge is 0.355 e. The average molecular weight is 297 g/mol. The van der Waals surface area contributed by atoms with Gasteiger partial charge in [-0.05, 0) is 25.8 Å². The van der Waals surface area contributed by atoms with Gasteiger partial charge in [-0.1, -0.05) is 33.1 Å². The Balaban J connectivity index is 2.39. The predicted molar refractivity (Wildman–Crippen MR) is 85.1 cm³/mol. The SMILES string of the molecule is CCCNC(=O)CN(C)C(=O)CN(CC)C1CCCCC1. The van der Waals surface area contributed by atoms with Crippen molar-refractivity contribution in [2.24, 2.45) is 0 Å². The van der Waals surface area contributed by atoms with E-state index < -0.39 is 0 Å². The third-order valence-corrected chi connectivity index (χ3v) is 4.21. The van der Waals surface area contributed by atoms with Crippen LogP contribution in [0.2, 0.25) is 0 Å². The fourth-order valence-corrected chi connectivity index (χ4v) is 2.86. The van der Waals surface area contributed by atoms with Gasteiger partial charge in [-0.3, -0.25) is 14.5 Å². The Morgan fingerprint density at radius 1 is 1.10 bits per heavy atom. The van der Waals surface area contributed by atoms with Crippen LogP contribution in [-0.2, 0) is 9.59 Å². The van der Waals surface area contributed by atoms with Crippen LogP contribution < -0.4 is 5.32 Å². The molecule has 0 spiro atoms. The van der Waals surface area contributed by atoms with Gasteiger partial charge in [-0.2, -0.15) is 0 Å². The third kappa shape index (κ3) is 6.46. The molecule has 0 heterocycles. The number of likely N-dealkylation sites (N-methyl/N-ethyl adjacent to an activating group) is 2. The summed E-state index contributed by atoms with van der Waals surface area (Å²) in [6.45, 7) is 6.27. The second-order valence-corrected chi connectivity index (χ2v) is 5.95. The topological polar surface area (TPSA) is 52.7 Å². The van der Waals surface area contributed by atoms with Gasteiger partial charge in [0.2, 0.25) is 11.8 Å². The van der Waals surface area contributed by atoms with Crippen LogP contribution in [0, 0.1) is 0 Å². The summed E-state index contributed by atoms with van der Waals surface area (Å²) in [5.74, 6) is -0.0394. The minimum Gasteiger partial charge on any atom is -0.355 e. The van der Waals surface area contributed by atoms with E-state index >= 15 is 0 Å². The molecule has 0 aliphatic heterocycles. The number of carbonyl (C=O) groups is 2. The highest BCUT2D eigenvalue weighted by Crippen LogP contribution is 2.22. The lowest BCUT2D eigenvalue weighted by atomic mass is 9.94. The van der Waals surface area contributed by atoms with Gasteiger partial charge in [0, 0.05) is 19.6 Å². The fraction of sp³-hybridized carbons (Fsp3) is 0.875. The average Bonchev–Trinajstić information content (AvgIpc) is 2.51. The predicted octanol–water partition coefficient (Wildman–Crippen LogP) is 1.63. The maximum Gasteiger partial charge on any atom is 0.239 e. The second kappa shape index (κ2) is 9.77. The zero-order valence-electron chi connectivity index (χ0n) is 13.9. The lowest BCUT2D eigenvalue weighted by Crippen LogP contribution is -2.46. The van der Waals surface area contributed by atoms with Gasteiger partial charge in [0.25, 0.3) is 0 Å². The minimum atomic E-state index is -0.0755. The van der Waals surface area contributed by atoms with E-state index in [4.69, 9.17) is 0 Å². The second-order valence-electron chi connectivity index (χ2n) is 5.95. The molecule has 1 N–H and O–H groups in total. The first-order valence-electron chi connectivity index (χ1n) is 8.33. The van der Waals surface area contributed by atoms with Crippen LogP contribution in [0.1, 0.15) is 52.4 Å². The first-order chi connectivity index (χ1) is 10.1. The highest BCUT2D eigenvalue weighted by Gasteiger charge is 2.23. The number of nitrogens with one attached hydrogen (secondary N) is 1. The van der Waals surface area contributed by atoms with Crippen LogP contribution in [-0.4, -0.2) is 60.9 Å². The normalized spacial score (nSPS) is 16.0. The summed E-state index contributed by atoms with van der Waals surface area (Å²) in [6, 6.07) is 0.537. The summed E-state index contributed by atoms with van der Waals surface area (Å²) >= 11 is 0. The number of carbonyl (C=O) groups excluding carboxylic acids is 2. The molecule has 0 bridgehead atoms. The van der Waals surface area contributed by atoms with E-state index in [-0.39, 0.29) is 18.4 Å². The zero-order chi connectivity index (χ0) is 15.7. The molecule has 0 unspecified atom stereocenters. The number of nitrogens with zero attached hydrogens (tertiary/aromatic N) is 2. The van der Waals surface area contributed by atoms with Crippen molar-refractivity contribution in [3.63, 3.8) is 0 Å². The van der Waals surface area contributed by atoms with Gasteiger partial charge in [-0.15, -0.1) is 0 Å². The number of rotatable bonds is 8. The summed E-state index contributed by atoms with van der Waals surface area (Å²) in [6.07, 6.45) is 7.16. The highest BCUT2D eigenvalue weighted by atomic mass is 16.2. The lowest BCUT2D eigenvalue weighted by Gasteiger charge is -2.33. The van der Waals surface area contributed by atoms with Gasteiger partial charge in [0.1, 0.15) is 0 Å². The number of hydrogen-bond donors (Lipinski definition) is 1. The van der Waals surface area contributed by atoms with E-state index in [1.807, 2.05) is 6.92 Å². The molecule has 0 aromatic heterocycles. The molecular weight excluding hydrogens is 266 g/mol. The molecule has 1 fully saturated rings. The summed E-state index contributed by atoms with van der Waals surface area (Å²) in [5, 5.41) is 2.80. The molecule has 1 saturated carbocycles. The molecule has 5 heteroatoms. The van der Waals surface area contributed by atoms with E-state index in [0.717, 1.165) is 13.0 Å². The van der Waals surface area contributed by atoms with Gasteiger partial charge in [0.05, 0.1) is 13.1 Å². The molecule has 0 atom stereocenters. The van der Waals surface area contributed by atoms with E-state index in [1.54, 1.807) is 7.05 Å². The Morgan fingerprint density at radius 3 is 2.33 bits per heavy atom. The summed E-state index contributed by atoms with van der Waals surface area (Å²) in [5.41, 5.74) is 0. The first kappa shape index (κ1) is 18.0. The van der Waals surface area contributed by atoms with Crippen LogP contribution in [0.3, 0.4) is 0 Å². The molecule has 1 aliphatic rings. The van der Waals surface area contributed by atoms with Crippen molar-refractivity contribution >= 4 is 11.8 Å². The third-order valence-electron chi connectivity index (χ3n) is 4.21. The monoisotopic (exact) mass is 297 g/mol. The molecule has 0 radical (unpaired) electrons. The maximum absolute atomic E-state index is 12.3. The Morgan fingerprint density at radius 2 is 1.76 bits per heavy atom. The smallest absolute Gasteiger partial charge is 0.239 e. The molecule has 0 aromatic carbocycles. The molecule has 0 aromatic rings. The van der Waals surface area contributed by atoms with Crippen molar-refractivity contribution in [2.45, 2.75) is 58.4 Å². The Bertz CT molecular complexity index is 327. The van der Waals surface area contributed by atoms with Gasteiger partial charge in [-0.25, -0.2) is 0 Å². The van der Waals surface area contributed by atoms with Crippen molar-refractivity contribution in [3.8, 4) is 0 Å². The molecule has 5 nitrogen and oxygen atoms in total. The number of hydrogen-bond acceptors (Lipinski definition) is 3. The quantitative estimate of drug-likeness (QED) is 0.741. The standard InChI is InChI=1S/C16H31N3O2/c1-4-11-17-15(20)12-18(3)16(21)13-19(5-2)14-9-7-6-8-10-14/h14H,4-13H2,1-3H3,(H,17,20). The molecule has 1 aliphatic carbocycles. The molecule has 0 saturated heterocycles. The molecule has 21 heavy (non-hydrogen) atoms. The van der Waals surface area contributed by atoms with E-state index in [9.17, 15) is 9.59 Å². The highest BCUT2D eigenvalue weighted by molar-refractivity contribution is 5.85.